The first-order valence-electron chi connectivity index (χ1n) is 5.54. The van der Waals surface area contributed by atoms with Crippen LogP contribution in [0.1, 0.15) is 17.3 Å². The summed E-state index contributed by atoms with van der Waals surface area (Å²) in [5.74, 6) is -1.00. The Morgan fingerprint density at radius 1 is 1.42 bits per heavy atom. The molecule has 1 aromatic carbocycles. The van der Waals surface area contributed by atoms with Gasteiger partial charge in [0.2, 0.25) is 11.8 Å². The Bertz CT molecular complexity index is 515. The Kier molecular flexibility index (Phi) is 4.81. The third kappa shape index (κ3) is 3.95. The maximum absolute atomic E-state index is 11.3. The lowest BCUT2D eigenvalue weighted by atomic mass is 10.1. The molecule has 0 aliphatic carbocycles. The van der Waals surface area contributed by atoms with Gasteiger partial charge in [-0.3, -0.25) is 19.7 Å². The van der Waals surface area contributed by atoms with Crippen LogP contribution < -0.4 is 16.4 Å². The van der Waals surface area contributed by atoms with Crippen molar-refractivity contribution in [2.75, 3.05) is 18.4 Å². The highest BCUT2D eigenvalue weighted by molar-refractivity contribution is 5.95. The van der Waals surface area contributed by atoms with Gasteiger partial charge in [-0.1, -0.05) is 0 Å². The van der Waals surface area contributed by atoms with E-state index in [2.05, 4.69) is 10.6 Å². The minimum atomic E-state index is -0.698. The number of anilines is 1. The molecule has 19 heavy (non-hydrogen) atoms. The molecule has 1 aromatic rings. The van der Waals surface area contributed by atoms with Crippen LogP contribution in [0.15, 0.2) is 18.2 Å². The van der Waals surface area contributed by atoms with Crippen molar-refractivity contribution < 1.29 is 14.5 Å². The summed E-state index contributed by atoms with van der Waals surface area (Å²) in [6.45, 7) is 2.09. The van der Waals surface area contributed by atoms with Gasteiger partial charge in [0.05, 0.1) is 11.5 Å². The van der Waals surface area contributed by atoms with Crippen molar-refractivity contribution in [3.05, 3.63) is 33.9 Å². The van der Waals surface area contributed by atoms with E-state index in [9.17, 15) is 19.7 Å². The average molecular weight is 266 g/mol. The molecule has 0 atom stereocenters. The SMILES string of the molecule is CCNC(=O)CNc1cc(C(N)=O)ccc1[N+](=O)[O-]. The first-order chi connectivity index (χ1) is 8.95. The zero-order valence-electron chi connectivity index (χ0n) is 10.3. The molecule has 0 heterocycles. The molecule has 0 unspecified atom stereocenters. The molecule has 1 rings (SSSR count). The highest BCUT2D eigenvalue weighted by Gasteiger charge is 2.16. The molecule has 8 nitrogen and oxygen atoms in total. The monoisotopic (exact) mass is 266 g/mol. The second kappa shape index (κ2) is 6.34. The normalized spacial score (nSPS) is 9.74. The molecular formula is C11H14N4O4. The van der Waals surface area contributed by atoms with Crippen LogP contribution >= 0.6 is 0 Å². The Balaban J connectivity index is 2.94. The molecule has 0 aliphatic heterocycles. The van der Waals surface area contributed by atoms with Gasteiger partial charge in [0.25, 0.3) is 5.69 Å². The molecule has 0 saturated heterocycles. The van der Waals surface area contributed by atoms with E-state index in [1.807, 2.05) is 0 Å². The first-order valence-corrected chi connectivity index (χ1v) is 5.54. The molecule has 0 saturated carbocycles. The number of carbonyl (C=O) groups excluding carboxylic acids is 2. The van der Waals surface area contributed by atoms with Crippen molar-refractivity contribution in [3.8, 4) is 0 Å². The fraction of sp³-hybridized carbons (Fsp3) is 0.273. The van der Waals surface area contributed by atoms with Crippen molar-refractivity contribution >= 4 is 23.2 Å². The van der Waals surface area contributed by atoms with Crippen LogP contribution in [0.2, 0.25) is 0 Å². The van der Waals surface area contributed by atoms with Crippen molar-refractivity contribution in [1.82, 2.24) is 5.32 Å². The molecule has 102 valence electrons. The van der Waals surface area contributed by atoms with Crippen LogP contribution in [0, 0.1) is 10.1 Å². The molecule has 0 fully saturated rings. The summed E-state index contributed by atoms with van der Waals surface area (Å²) in [5, 5.41) is 16.0. The fourth-order valence-electron chi connectivity index (χ4n) is 1.43. The number of nitrogens with one attached hydrogen (secondary N) is 2. The van der Waals surface area contributed by atoms with E-state index in [1.165, 1.54) is 18.2 Å². The second-order valence-electron chi connectivity index (χ2n) is 3.66. The Hall–Kier alpha value is -2.64. The van der Waals surface area contributed by atoms with E-state index in [0.717, 1.165) is 0 Å². The quantitative estimate of drug-likeness (QED) is 0.502. The Labute approximate surface area is 109 Å². The average Bonchev–Trinajstić information content (AvgIpc) is 2.36. The number of nitro groups is 1. The van der Waals surface area contributed by atoms with E-state index in [-0.39, 0.29) is 29.4 Å². The third-order valence-electron chi connectivity index (χ3n) is 2.29. The summed E-state index contributed by atoms with van der Waals surface area (Å²) in [6.07, 6.45) is 0. The van der Waals surface area contributed by atoms with Crippen LogP contribution in [-0.2, 0) is 4.79 Å². The molecule has 0 radical (unpaired) electrons. The molecule has 4 N–H and O–H groups in total. The number of nitro benzene ring substituents is 1. The number of hydrogen-bond acceptors (Lipinski definition) is 5. The number of carbonyl (C=O) groups is 2. The summed E-state index contributed by atoms with van der Waals surface area (Å²) < 4.78 is 0. The van der Waals surface area contributed by atoms with Gasteiger partial charge in [-0.2, -0.15) is 0 Å². The lowest BCUT2D eigenvalue weighted by molar-refractivity contribution is -0.383. The topological polar surface area (TPSA) is 127 Å². The number of amides is 2. The number of nitrogens with two attached hydrogens (primary N) is 1. The van der Waals surface area contributed by atoms with Gasteiger partial charge in [0.15, 0.2) is 0 Å². The fourth-order valence-corrected chi connectivity index (χ4v) is 1.43. The zero-order chi connectivity index (χ0) is 14.4. The number of likely N-dealkylation sites (N-methyl/N-ethyl adjacent to an activating group) is 1. The van der Waals surface area contributed by atoms with E-state index in [1.54, 1.807) is 6.92 Å². The van der Waals surface area contributed by atoms with E-state index in [0.29, 0.717) is 6.54 Å². The summed E-state index contributed by atoms with van der Waals surface area (Å²) in [5.41, 5.74) is 5.07. The second-order valence-corrected chi connectivity index (χ2v) is 3.66. The predicted molar refractivity (Wildman–Crippen MR) is 68.8 cm³/mol. The standard InChI is InChI=1S/C11H14N4O4/c1-2-13-10(16)6-14-8-5-7(11(12)17)3-4-9(8)15(18)19/h3-5,14H,2,6H2,1H3,(H2,12,17)(H,13,16). The lowest BCUT2D eigenvalue weighted by Crippen LogP contribution is -2.29. The largest absolute Gasteiger partial charge is 0.371 e. The highest BCUT2D eigenvalue weighted by atomic mass is 16.6. The van der Waals surface area contributed by atoms with Crippen LogP contribution in [0.3, 0.4) is 0 Å². The van der Waals surface area contributed by atoms with Gasteiger partial charge in [0, 0.05) is 18.2 Å². The minimum Gasteiger partial charge on any atom is -0.371 e. The van der Waals surface area contributed by atoms with Gasteiger partial charge in [-0.25, -0.2) is 0 Å². The molecule has 8 heteroatoms. The van der Waals surface area contributed by atoms with Gasteiger partial charge in [-0.05, 0) is 19.1 Å². The molecule has 0 spiro atoms. The lowest BCUT2D eigenvalue weighted by Gasteiger charge is -2.08. The van der Waals surface area contributed by atoms with Crippen LogP contribution in [0.4, 0.5) is 11.4 Å². The van der Waals surface area contributed by atoms with Crippen LogP contribution in [0.5, 0.6) is 0 Å². The first kappa shape index (κ1) is 14.4. The smallest absolute Gasteiger partial charge is 0.292 e. The summed E-state index contributed by atoms with van der Waals surface area (Å²) in [4.78, 5) is 32.5. The van der Waals surface area contributed by atoms with Gasteiger partial charge in [0.1, 0.15) is 5.69 Å². The third-order valence-corrected chi connectivity index (χ3v) is 2.29. The maximum Gasteiger partial charge on any atom is 0.292 e. The van der Waals surface area contributed by atoms with Gasteiger partial charge >= 0.3 is 0 Å². The maximum atomic E-state index is 11.3. The Morgan fingerprint density at radius 2 is 2.11 bits per heavy atom. The van der Waals surface area contributed by atoms with E-state index < -0.39 is 10.8 Å². The van der Waals surface area contributed by atoms with Crippen LogP contribution in [0.25, 0.3) is 0 Å². The van der Waals surface area contributed by atoms with Crippen LogP contribution in [-0.4, -0.2) is 29.8 Å². The van der Waals surface area contributed by atoms with E-state index >= 15 is 0 Å². The zero-order valence-corrected chi connectivity index (χ0v) is 10.3. The summed E-state index contributed by atoms with van der Waals surface area (Å²) >= 11 is 0. The highest BCUT2D eigenvalue weighted by Crippen LogP contribution is 2.25. The van der Waals surface area contributed by atoms with Crippen molar-refractivity contribution in [3.63, 3.8) is 0 Å². The molecule has 0 aromatic heterocycles. The minimum absolute atomic E-state index is 0.0764. The van der Waals surface area contributed by atoms with Crippen molar-refractivity contribution in [1.29, 1.82) is 0 Å². The number of hydrogen-bond donors (Lipinski definition) is 3. The number of nitrogens with zero attached hydrogens (tertiary/aromatic N) is 1. The summed E-state index contributed by atoms with van der Waals surface area (Å²) in [6, 6.07) is 3.68. The number of primary amides is 1. The summed E-state index contributed by atoms with van der Waals surface area (Å²) in [7, 11) is 0. The number of benzene rings is 1. The van der Waals surface area contributed by atoms with Gasteiger partial charge < -0.3 is 16.4 Å². The molecule has 2 amide bonds. The van der Waals surface area contributed by atoms with Crippen molar-refractivity contribution in [2.24, 2.45) is 5.73 Å². The molecule has 0 aliphatic rings. The number of rotatable bonds is 6. The van der Waals surface area contributed by atoms with E-state index in [4.69, 9.17) is 5.73 Å². The molecule has 0 bridgehead atoms. The van der Waals surface area contributed by atoms with Crippen molar-refractivity contribution in [2.45, 2.75) is 6.92 Å². The predicted octanol–water partition coefficient (Wildman–Crippen LogP) is 0.242. The molecular weight excluding hydrogens is 252 g/mol. The van der Waals surface area contributed by atoms with Gasteiger partial charge in [-0.15, -0.1) is 0 Å². The Morgan fingerprint density at radius 3 is 2.63 bits per heavy atom.